The molecular formula is C21H20N4O6. The second-order valence-electron chi connectivity index (χ2n) is 6.37. The highest BCUT2D eigenvalue weighted by Crippen LogP contribution is 2.38. The van der Waals surface area contributed by atoms with Gasteiger partial charge in [0.2, 0.25) is 5.88 Å². The van der Waals surface area contributed by atoms with Gasteiger partial charge < -0.3 is 20.3 Å². The molecule has 0 fully saturated rings. The van der Waals surface area contributed by atoms with Gasteiger partial charge in [-0.05, 0) is 25.1 Å². The average molecular weight is 424 g/mol. The number of aromatic nitrogens is 1. The number of ether oxygens (including phenoxy) is 1. The molecule has 0 saturated carbocycles. The topological polar surface area (TPSA) is 143 Å². The van der Waals surface area contributed by atoms with Crippen molar-refractivity contribution in [3.63, 3.8) is 0 Å². The number of para-hydroxylation sites is 2. The standard InChI is InChI=1S/C21H20N4O6/c1-2-31-18(28)12-25-15-9-5-3-7-13(15)19(21(25)30)24-23-17(27)11-22-20(29)14-8-4-6-10-16(14)26/h3-10,26,30H,2,11-12H2,1H3,(H,22,29). The normalized spacial score (nSPS) is 11.0. The van der Waals surface area contributed by atoms with Crippen LogP contribution in [-0.2, 0) is 20.9 Å². The van der Waals surface area contributed by atoms with Crippen LogP contribution in [0.2, 0.25) is 0 Å². The van der Waals surface area contributed by atoms with Gasteiger partial charge in [0.25, 0.3) is 11.8 Å². The lowest BCUT2D eigenvalue weighted by atomic mass is 10.2. The van der Waals surface area contributed by atoms with Gasteiger partial charge in [0, 0.05) is 5.39 Å². The summed E-state index contributed by atoms with van der Waals surface area (Å²) in [6.07, 6.45) is 0. The van der Waals surface area contributed by atoms with Crippen LogP contribution < -0.4 is 5.32 Å². The number of fused-ring (bicyclic) bond motifs is 1. The number of rotatable bonds is 7. The average Bonchev–Trinajstić information content (AvgIpc) is 3.02. The lowest BCUT2D eigenvalue weighted by molar-refractivity contribution is -0.143. The van der Waals surface area contributed by atoms with Crippen molar-refractivity contribution < 1.29 is 29.3 Å². The van der Waals surface area contributed by atoms with Crippen LogP contribution >= 0.6 is 0 Å². The molecule has 0 radical (unpaired) electrons. The third-order valence-electron chi connectivity index (χ3n) is 4.32. The Hall–Kier alpha value is -4.21. The second-order valence-corrected chi connectivity index (χ2v) is 6.37. The highest BCUT2D eigenvalue weighted by Gasteiger charge is 2.19. The largest absolute Gasteiger partial charge is 0.507 e. The number of nitrogens with zero attached hydrogens (tertiary/aromatic N) is 3. The molecule has 1 aromatic heterocycles. The van der Waals surface area contributed by atoms with E-state index in [4.69, 9.17) is 4.74 Å². The van der Waals surface area contributed by atoms with E-state index in [-0.39, 0.29) is 36.0 Å². The third kappa shape index (κ3) is 4.86. The summed E-state index contributed by atoms with van der Waals surface area (Å²) >= 11 is 0. The smallest absolute Gasteiger partial charge is 0.326 e. The Kier molecular flexibility index (Phi) is 6.61. The molecule has 0 saturated heterocycles. The fourth-order valence-electron chi connectivity index (χ4n) is 2.92. The monoisotopic (exact) mass is 424 g/mol. The summed E-state index contributed by atoms with van der Waals surface area (Å²) in [6.45, 7) is 1.18. The van der Waals surface area contributed by atoms with E-state index in [0.717, 1.165) is 0 Å². The molecule has 2 amide bonds. The van der Waals surface area contributed by atoms with Gasteiger partial charge in [-0.1, -0.05) is 30.3 Å². The lowest BCUT2D eigenvalue weighted by Gasteiger charge is -2.06. The third-order valence-corrected chi connectivity index (χ3v) is 4.32. The maximum atomic E-state index is 12.1. The first-order valence-corrected chi connectivity index (χ1v) is 9.39. The van der Waals surface area contributed by atoms with Gasteiger partial charge in [-0.2, -0.15) is 0 Å². The fraction of sp³-hybridized carbons (Fsp3) is 0.190. The number of hydrogen-bond donors (Lipinski definition) is 3. The number of carbonyl (C=O) groups is 3. The molecule has 0 atom stereocenters. The first-order valence-electron chi connectivity index (χ1n) is 9.39. The molecule has 1 heterocycles. The molecule has 31 heavy (non-hydrogen) atoms. The highest BCUT2D eigenvalue weighted by atomic mass is 16.5. The SMILES string of the molecule is CCOC(=O)Cn1c(O)c(N=NC(=O)CNC(=O)c2ccccc2O)c2ccccc21. The maximum absolute atomic E-state index is 12.1. The summed E-state index contributed by atoms with van der Waals surface area (Å²) < 4.78 is 6.23. The van der Waals surface area contributed by atoms with Crippen molar-refractivity contribution in [3.8, 4) is 11.6 Å². The van der Waals surface area contributed by atoms with Crippen molar-refractivity contribution in [3.05, 3.63) is 54.1 Å². The predicted octanol–water partition coefficient (Wildman–Crippen LogP) is 2.66. The number of carbonyl (C=O) groups excluding carboxylic acids is 3. The van der Waals surface area contributed by atoms with Crippen LogP contribution in [0.15, 0.2) is 58.8 Å². The molecular weight excluding hydrogens is 404 g/mol. The number of amides is 2. The van der Waals surface area contributed by atoms with Crippen LogP contribution in [0.5, 0.6) is 11.6 Å². The molecule has 3 rings (SSSR count). The van der Waals surface area contributed by atoms with Crippen molar-refractivity contribution >= 4 is 34.4 Å². The van der Waals surface area contributed by atoms with Gasteiger partial charge in [-0.25, -0.2) is 0 Å². The molecule has 2 aromatic carbocycles. The van der Waals surface area contributed by atoms with E-state index in [1.54, 1.807) is 43.3 Å². The second kappa shape index (κ2) is 9.53. The zero-order valence-corrected chi connectivity index (χ0v) is 16.6. The minimum absolute atomic E-state index is 0.0141. The van der Waals surface area contributed by atoms with Gasteiger partial charge in [0.05, 0.1) is 17.7 Å². The van der Waals surface area contributed by atoms with Crippen molar-refractivity contribution in [2.24, 2.45) is 10.2 Å². The van der Waals surface area contributed by atoms with Crippen molar-refractivity contribution in [2.45, 2.75) is 13.5 Å². The Morgan fingerprint density at radius 3 is 2.52 bits per heavy atom. The molecule has 10 heteroatoms. The number of hydrogen-bond acceptors (Lipinski definition) is 7. The Bertz CT molecular complexity index is 1170. The molecule has 0 aliphatic carbocycles. The van der Waals surface area contributed by atoms with Gasteiger partial charge in [-0.3, -0.25) is 19.0 Å². The molecule has 0 spiro atoms. The van der Waals surface area contributed by atoms with E-state index in [1.165, 1.54) is 16.7 Å². The molecule has 0 aliphatic rings. The Balaban J connectivity index is 1.75. The summed E-state index contributed by atoms with van der Waals surface area (Å²) in [6, 6.07) is 12.7. The molecule has 3 N–H and O–H groups in total. The molecule has 0 unspecified atom stereocenters. The van der Waals surface area contributed by atoms with E-state index in [9.17, 15) is 24.6 Å². The van der Waals surface area contributed by atoms with Gasteiger partial charge in [0.15, 0.2) is 5.69 Å². The van der Waals surface area contributed by atoms with E-state index in [1.807, 2.05) is 0 Å². The quantitative estimate of drug-likeness (QED) is 0.393. The lowest BCUT2D eigenvalue weighted by Crippen LogP contribution is -2.28. The number of phenolic OH excluding ortho intramolecular Hbond substituents is 1. The minimum Gasteiger partial charge on any atom is -0.507 e. The van der Waals surface area contributed by atoms with Crippen LogP contribution in [0.3, 0.4) is 0 Å². The maximum Gasteiger partial charge on any atom is 0.326 e. The van der Waals surface area contributed by atoms with Gasteiger partial charge in [0.1, 0.15) is 18.8 Å². The molecule has 10 nitrogen and oxygen atoms in total. The van der Waals surface area contributed by atoms with Gasteiger partial charge >= 0.3 is 5.97 Å². The molecule has 0 aliphatic heterocycles. The summed E-state index contributed by atoms with van der Waals surface area (Å²) in [5.41, 5.74) is 0.550. The van der Waals surface area contributed by atoms with Crippen molar-refractivity contribution in [1.82, 2.24) is 9.88 Å². The first kappa shape index (κ1) is 21.5. The van der Waals surface area contributed by atoms with Crippen LogP contribution in [0.4, 0.5) is 5.69 Å². The number of phenols is 1. The number of aromatic hydroxyl groups is 2. The Morgan fingerprint density at radius 2 is 1.77 bits per heavy atom. The Labute approximate surface area is 176 Å². The summed E-state index contributed by atoms with van der Waals surface area (Å²) in [5.74, 6) is -2.51. The van der Waals surface area contributed by atoms with E-state index < -0.39 is 24.3 Å². The van der Waals surface area contributed by atoms with Crippen molar-refractivity contribution in [1.29, 1.82) is 0 Å². The predicted molar refractivity (Wildman–Crippen MR) is 110 cm³/mol. The van der Waals surface area contributed by atoms with Crippen LogP contribution in [0, 0.1) is 0 Å². The van der Waals surface area contributed by atoms with E-state index >= 15 is 0 Å². The minimum atomic E-state index is -0.773. The van der Waals surface area contributed by atoms with Crippen molar-refractivity contribution in [2.75, 3.05) is 13.2 Å². The molecule has 160 valence electrons. The first-order chi connectivity index (χ1) is 14.9. The highest BCUT2D eigenvalue weighted by molar-refractivity contribution is 5.99. The number of esters is 1. The van der Waals surface area contributed by atoms with E-state index in [0.29, 0.717) is 10.9 Å². The molecule has 3 aromatic rings. The fourth-order valence-corrected chi connectivity index (χ4v) is 2.92. The van der Waals surface area contributed by atoms with Crippen LogP contribution in [0.1, 0.15) is 17.3 Å². The van der Waals surface area contributed by atoms with Crippen LogP contribution in [0.25, 0.3) is 10.9 Å². The summed E-state index contributed by atoms with van der Waals surface area (Å²) in [4.78, 5) is 36.0. The number of nitrogens with one attached hydrogen (secondary N) is 1. The van der Waals surface area contributed by atoms with E-state index in [2.05, 4.69) is 15.5 Å². The van der Waals surface area contributed by atoms with Gasteiger partial charge in [-0.15, -0.1) is 10.2 Å². The molecule has 0 bridgehead atoms. The number of benzene rings is 2. The van der Waals surface area contributed by atoms with Crippen LogP contribution in [-0.4, -0.2) is 45.7 Å². The Morgan fingerprint density at radius 1 is 1.06 bits per heavy atom. The zero-order valence-electron chi connectivity index (χ0n) is 16.6. The summed E-state index contributed by atoms with van der Waals surface area (Å²) in [7, 11) is 0. The summed E-state index contributed by atoms with van der Waals surface area (Å²) in [5, 5.41) is 30.4. The number of azo groups is 1. The zero-order chi connectivity index (χ0) is 22.4.